The van der Waals surface area contributed by atoms with Gasteiger partial charge >= 0.3 is 0 Å². The number of hydrogen-bond acceptors (Lipinski definition) is 4. The monoisotopic (exact) mass is 298 g/mol. The molecule has 1 fully saturated rings. The highest BCUT2D eigenvalue weighted by Gasteiger charge is 2.27. The van der Waals surface area contributed by atoms with Crippen LogP contribution in [0.1, 0.15) is 33.1 Å². The van der Waals surface area contributed by atoms with Crippen LogP contribution < -0.4 is 10.0 Å². The first-order chi connectivity index (χ1) is 9.32. The molecule has 0 amide bonds. The maximum atomic E-state index is 12.0. The first-order valence-electron chi connectivity index (χ1n) is 6.91. The van der Waals surface area contributed by atoms with Crippen molar-refractivity contribution in [3.05, 3.63) is 24.3 Å². The molecule has 0 bridgehead atoms. The molecule has 0 radical (unpaired) electrons. The van der Waals surface area contributed by atoms with Gasteiger partial charge < -0.3 is 10.4 Å². The van der Waals surface area contributed by atoms with Crippen LogP contribution in [0.4, 0.5) is 5.69 Å². The average molecular weight is 298 g/mol. The highest BCUT2D eigenvalue weighted by molar-refractivity contribution is 7.89. The third-order valence-corrected chi connectivity index (χ3v) is 5.04. The van der Waals surface area contributed by atoms with Gasteiger partial charge in [0.25, 0.3) is 0 Å². The molecular weight excluding hydrogens is 276 g/mol. The highest BCUT2D eigenvalue weighted by Crippen LogP contribution is 2.23. The lowest BCUT2D eigenvalue weighted by atomic mass is 10.0. The van der Waals surface area contributed by atoms with Gasteiger partial charge in [-0.25, -0.2) is 13.1 Å². The number of anilines is 1. The summed E-state index contributed by atoms with van der Waals surface area (Å²) in [4.78, 5) is 0.275. The fourth-order valence-electron chi connectivity index (χ4n) is 1.66. The minimum atomic E-state index is -3.39. The molecule has 6 heteroatoms. The summed E-state index contributed by atoms with van der Waals surface area (Å²) in [5.74, 6) is 0. The lowest BCUT2D eigenvalue weighted by molar-refractivity contribution is 0.0697. The summed E-state index contributed by atoms with van der Waals surface area (Å²) in [5, 5.41) is 13.0. The van der Waals surface area contributed by atoms with E-state index in [9.17, 15) is 13.5 Å². The van der Waals surface area contributed by atoms with Gasteiger partial charge in [-0.15, -0.1) is 0 Å². The van der Waals surface area contributed by atoms with Crippen LogP contribution in [0.5, 0.6) is 0 Å². The predicted octanol–water partition coefficient (Wildman–Crippen LogP) is 1.70. The molecule has 1 saturated carbocycles. The lowest BCUT2D eigenvalue weighted by Crippen LogP contribution is -2.32. The Balaban J connectivity index is 1.99. The summed E-state index contributed by atoms with van der Waals surface area (Å²) in [6.07, 6.45) is 2.49. The third kappa shape index (κ3) is 4.19. The summed E-state index contributed by atoms with van der Waals surface area (Å²) in [6.45, 7) is 4.11. The van der Waals surface area contributed by atoms with Crippen molar-refractivity contribution in [3.8, 4) is 0 Å². The summed E-state index contributed by atoms with van der Waals surface area (Å²) < 4.78 is 26.6. The number of sulfonamides is 1. The van der Waals surface area contributed by atoms with Gasteiger partial charge in [0, 0.05) is 18.3 Å². The van der Waals surface area contributed by atoms with Crippen LogP contribution in [0.15, 0.2) is 29.2 Å². The van der Waals surface area contributed by atoms with Crippen molar-refractivity contribution in [2.45, 2.75) is 49.6 Å². The molecule has 20 heavy (non-hydrogen) atoms. The van der Waals surface area contributed by atoms with Crippen LogP contribution in [0.25, 0.3) is 0 Å². The molecule has 2 rings (SSSR count). The molecule has 1 unspecified atom stereocenters. The topological polar surface area (TPSA) is 78.4 Å². The van der Waals surface area contributed by atoms with Crippen LogP contribution in [0, 0.1) is 0 Å². The SMILES string of the molecule is CCC(C)(O)CNc1ccc(S(=O)(=O)NC2CC2)cc1. The van der Waals surface area contributed by atoms with Crippen LogP contribution in [0.2, 0.25) is 0 Å². The zero-order valence-corrected chi connectivity index (χ0v) is 12.7. The molecule has 1 aliphatic rings. The Morgan fingerprint density at radius 3 is 2.40 bits per heavy atom. The molecular formula is C14H22N2O3S. The quantitative estimate of drug-likeness (QED) is 0.716. The smallest absolute Gasteiger partial charge is 0.240 e. The summed E-state index contributed by atoms with van der Waals surface area (Å²) in [6, 6.07) is 6.69. The molecule has 1 atom stereocenters. The van der Waals surface area contributed by atoms with Crippen LogP contribution >= 0.6 is 0 Å². The van der Waals surface area contributed by atoms with E-state index in [1.165, 1.54) is 0 Å². The number of aliphatic hydroxyl groups is 1. The molecule has 0 saturated heterocycles. The molecule has 112 valence electrons. The van der Waals surface area contributed by atoms with Crippen LogP contribution in [-0.2, 0) is 10.0 Å². The van der Waals surface area contributed by atoms with Gasteiger partial charge in [-0.1, -0.05) is 6.92 Å². The second-order valence-corrected chi connectivity index (χ2v) is 7.34. The number of rotatable bonds is 7. The van der Waals surface area contributed by atoms with Crippen molar-refractivity contribution in [3.63, 3.8) is 0 Å². The standard InChI is InChI=1S/C14H22N2O3S/c1-3-14(2,17)10-15-11-6-8-13(9-7-11)20(18,19)16-12-4-5-12/h6-9,12,15-17H,3-5,10H2,1-2H3. The maximum Gasteiger partial charge on any atom is 0.240 e. The zero-order chi connectivity index (χ0) is 14.8. The summed E-state index contributed by atoms with van der Waals surface area (Å²) >= 11 is 0. The van der Waals surface area contributed by atoms with E-state index >= 15 is 0 Å². The van der Waals surface area contributed by atoms with Gasteiger partial charge in [-0.05, 0) is 50.5 Å². The number of hydrogen-bond donors (Lipinski definition) is 3. The molecule has 0 aromatic heterocycles. The summed E-state index contributed by atoms with van der Waals surface area (Å²) in [7, 11) is -3.39. The fourth-order valence-corrected chi connectivity index (χ4v) is 2.96. The van der Waals surface area contributed by atoms with Crippen LogP contribution in [0.3, 0.4) is 0 Å². The summed E-state index contributed by atoms with van der Waals surface area (Å²) in [5.41, 5.74) is 0.0299. The average Bonchev–Trinajstić information content (AvgIpc) is 3.20. The molecule has 1 aromatic rings. The first-order valence-corrected chi connectivity index (χ1v) is 8.39. The van der Waals surface area contributed by atoms with Crippen molar-refractivity contribution in [1.29, 1.82) is 0 Å². The molecule has 1 aromatic carbocycles. The van der Waals surface area contributed by atoms with Gasteiger partial charge in [-0.2, -0.15) is 0 Å². The molecule has 0 heterocycles. The Hall–Kier alpha value is -1.11. The minimum absolute atomic E-state index is 0.109. The lowest BCUT2D eigenvalue weighted by Gasteiger charge is -2.22. The van der Waals surface area contributed by atoms with Crippen LogP contribution in [-0.4, -0.2) is 31.7 Å². The Kier molecular flexibility index (Phi) is 4.36. The minimum Gasteiger partial charge on any atom is -0.388 e. The van der Waals surface area contributed by atoms with E-state index in [4.69, 9.17) is 0 Å². The van der Waals surface area contributed by atoms with Gasteiger partial charge in [-0.3, -0.25) is 0 Å². The zero-order valence-electron chi connectivity index (χ0n) is 11.9. The normalized spacial score (nSPS) is 18.6. The van der Waals surface area contributed by atoms with E-state index in [-0.39, 0.29) is 10.9 Å². The number of nitrogens with one attached hydrogen (secondary N) is 2. The van der Waals surface area contributed by atoms with Crippen molar-refractivity contribution >= 4 is 15.7 Å². The van der Waals surface area contributed by atoms with Crippen molar-refractivity contribution in [2.75, 3.05) is 11.9 Å². The van der Waals surface area contributed by atoms with E-state index in [0.717, 1.165) is 18.5 Å². The van der Waals surface area contributed by atoms with E-state index in [1.54, 1.807) is 31.2 Å². The molecule has 5 nitrogen and oxygen atoms in total. The molecule has 1 aliphatic carbocycles. The second kappa shape index (κ2) is 5.71. The molecule has 0 spiro atoms. The van der Waals surface area contributed by atoms with Crippen molar-refractivity contribution < 1.29 is 13.5 Å². The highest BCUT2D eigenvalue weighted by atomic mass is 32.2. The van der Waals surface area contributed by atoms with Gasteiger partial charge in [0.1, 0.15) is 0 Å². The Labute approximate surface area is 120 Å². The van der Waals surface area contributed by atoms with Gasteiger partial charge in [0.05, 0.1) is 10.5 Å². The molecule has 0 aliphatic heterocycles. The van der Waals surface area contributed by atoms with E-state index < -0.39 is 15.6 Å². The molecule has 3 N–H and O–H groups in total. The number of benzene rings is 1. The maximum absolute atomic E-state index is 12.0. The van der Waals surface area contributed by atoms with E-state index in [2.05, 4.69) is 10.0 Å². The van der Waals surface area contributed by atoms with Gasteiger partial charge in [0.2, 0.25) is 10.0 Å². The van der Waals surface area contributed by atoms with Crippen molar-refractivity contribution in [1.82, 2.24) is 4.72 Å². The van der Waals surface area contributed by atoms with E-state index in [0.29, 0.717) is 13.0 Å². The van der Waals surface area contributed by atoms with Gasteiger partial charge in [0.15, 0.2) is 0 Å². The largest absolute Gasteiger partial charge is 0.388 e. The Morgan fingerprint density at radius 2 is 1.90 bits per heavy atom. The third-order valence-electron chi connectivity index (χ3n) is 3.50. The first kappa shape index (κ1) is 15.3. The fraction of sp³-hybridized carbons (Fsp3) is 0.571. The predicted molar refractivity (Wildman–Crippen MR) is 79.2 cm³/mol. The second-order valence-electron chi connectivity index (χ2n) is 5.62. The van der Waals surface area contributed by atoms with Crippen molar-refractivity contribution in [2.24, 2.45) is 0 Å². The van der Waals surface area contributed by atoms with E-state index in [1.807, 2.05) is 6.92 Å². The Morgan fingerprint density at radius 1 is 1.30 bits per heavy atom. The Bertz CT molecular complexity index is 548.